The Morgan fingerprint density at radius 3 is 2.39 bits per heavy atom. The van der Waals surface area contributed by atoms with Gasteiger partial charge in [0.1, 0.15) is 17.1 Å². The van der Waals surface area contributed by atoms with Gasteiger partial charge in [-0.2, -0.15) is 0 Å². The fraction of sp³-hybridized carbons (Fsp3) is 0.286. The van der Waals surface area contributed by atoms with Crippen LogP contribution in [-0.2, 0) is 9.53 Å². The summed E-state index contributed by atoms with van der Waals surface area (Å²) in [5.74, 6) is -1.85. The molecule has 1 N–H and O–H groups in total. The minimum Gasteiger partial charge on any atom is -0.496 e. The number of amides is 1. The number of hydrogen-bond acceptors (Lipinski definition) is 5. The number of methoxy groups -OCH3 is 1. The molecule has 148 valence electrons. The fourth-order valence-electron chi connectivity index (χ4n) is 2.52. The molecule has 28 heavy (non-hydrogen) atoms. The third-order valence-electron chi connectivity index (χ3n) is 3.96. The molecule has 0 aromatic heterocycles. The summed E-state index contributed by atoms with van der Waals surface area (Å²) in [6.07, 6.45) is 0.0690. The number of ketones is 1. The van der Waals surface area contributed by atoms with Gasteiger partial charge in [-0.3, -0.25) is 9.59 Å². The van der Waals surface area contributed by atoms with Crippen LogP contribution < -0.4 is 10.1 Å². The Morgan fingerprint density at radius 1 is 1.11 bits per heavy atom. The van der Waals surface area contributed by atoms with Gasteiger partial charge in [0.2, 0.25) is 11.7 Å². The molecule has 0 bridgehead atoms. The lowest BCUT2D eigenvalue weighted by atomic mass is 10.1. The number of rotatable bonds is 8. The third kappa shape index (κ3) is 5.39. The van der Waals surface area contributed by atoms with Crippen molar-refractivity contribution in [1.29, 1.82) is 0 Å². The second kappa shape index (κ2) is 9.64. The summed E-state index contributed by atoms with van der Waals surface area (Å²) in [6, 6.07) is 9.74. The number of carbonyl (C=O) groups excluding carboxylic acids is 3. The zero-order valence-electron chi connectivity index (χ0n) is 16.0. The van der Waals surface area contributed by atoms with E-state index in [1.165, 1.54) is 32.2 Å². The predicted octanol–water partition coefficient (Wildman–Crippen LogP) is 4.00. The monoisotopic (exact) mass is 387 g/mol. The van der Waals surface area contributed by atoms with Gasteiger partial charge in [0, 0.05) is 17.7 Å². The molecule has 0 aliphatic rings. The van der Waals surface area contributed by atoms with Gasteiger partial charge < -0.3 is 14.8 Å². The molecule has 1 atom stereocenters. The zero-order valence-corrected chi connectivity index (χ0v) is 16.0. The Labute approximate surface area is 162 Å². The van der Waals surface area contributed by atoms with Crippen LogP contribution in [0.25, 0.3) is 0 Å². The van der Waals surface area contributed by atoms with Crippen LogP contribution in [0.5, 0.6) is 5.75 Å². The van der Waals surface area contributed by atoms with Gasteiger partial charge in [-0.05, 0) is 55.8 Å². The zero-order chi connectivity index (χ0) is 20.7. The quantitative estimate of drug-likeness (QED) is 0.547. The Balaban J connectivity index is 2.05. The first kappa shape index (κ1) is 21.1. The Bertz CT molecular complexity index is 864. The number of nitrogens with one attached hydrogen (secondary N) is 1. The molecule has 6 nitrogen and oxygen atoms in total. The lowest BCUT2D eigenvalue weighted by molar-refractivity contribution is -0.116. The molecule has 0 spiro atoms. The smallest absolute Gasteiger partial charge is 0.342 e. The lowest BCUT2D eigenvalue weighted by Crippen LogP contribution is -2.24. The van der Waals surface area contributed by atoms with Crippen LogP contribution in [0.4, 0.5) is 10.1 Å². The molecule has 1 amide bonds. The fourth-order valence-corrected chi connectivity index (χ4v) is 2.52. The molecule has 0 radical (unpaired) electrons. The minimum absolute atomic E-state index is 0.101. The van der Waals surface area contributed by atoms with Crippen molar-refractivity contribution in [2.75, 3.05) is 12.4 Å². The number of benzene rings is 2. The SMILES string of the molecule is CCCC(=O)Nc1ccc(C(=O)[C@@H](C)OC(=O)c2cc(F)ccc2OC)cc1. The number of halogens is 1. The highest BCUT2D eigenvalue weighted by Crippen LogP contribution is 2.21. The van der Waals surface area contributed by atoms with Crippen molar-refractivity contribution in [3.63, 3.8) is 0 Å². The van der Waals surface area contributed by atoms with Crippen molar-refractivity contribution in [3.8, 4) is 5.75 Å². The highest BCUT2D eigenvalue weighted by atomic mass is 19.1. The Hall–Kier alpha value is -3.22. The lowest BCUT2D eigenvalue weighted by Gasteiger charge is -2.14. The van der Waals surface area contributed by atoms with E-state index in [0.29, 0.717) is 17.7 Å². The molecule has 2 aromatic rings. The standard InChI is InChI=1S/C21H22FNO5/c1-4-5-19(24)23-16-9-6-14(7-10-16)20(25)13(2)28-21(26)17-12-15(22)8-11-18(17)27-3/h6-13H,4-5H2,1-3H3,(H,23,24)/t13-/m1/s1. The second-order valence-electron chi connectivity index (χ2n) is 6.13. The van der Waals surface area contributed by atoms with Gasteiger partial charge in [-0.25, -0.2) is 9.18 Å². The predicted molar refractivity (Wildman–Crippen MR) is 102 cm³/mol. The minimum atomic E-state index is -1.08. The first-order valence-electron chi connectivity index (χ1n) is 8.84. The Kier molecular flexibility index (Phi) is 7.26. The molecule has 0 fully saturated rings. The summed E-state index contributed by atoms with van der Waals surface area (Å²) in [4.78, 5) is 36.4. The van der Waals surface area contributed by atoms with Gasteiger partial charge >= 0.3 is 5.97 Å². The molecule has 0 aliphatic carbocycles. The first-order chi connectivity index (χ1) is 13.3. The summed E-state index contributed by atoms with van der Waals surface area (Å²) >= 11 is 0. The van der Waals surface area contributed by atoms with Crippen LogP contribution in [-0.4, -0.2) is 30.9 Å². The maximum Gasteiger partial charge on any atom is 0.342 e. The molecule has 7 heteroatoms. The van der Waals surface area contributed by atoms with E-state index in [1.54, 1.807) is 12.1 Å². The maximum absolute atomic E-state index is 13.4. The number of Topliss-reactive ketones (excluding diaryl/α,β-unsaturated/α-hetero) is 1. The number of carbonyl (C=O) groups is 3. The summed E-state index contributed by atoms with van der Waals surface area (Å²) in [5.41, 5.74) is 0.792. The highest BCUT2D eigenvalue weighted by molar-refractivity contribution is 6.02. The van der Waals surface area contributed by atoms with Crippen LogP contribution in [0.15, 0.2) is 42.5 Å². The van der Waals surface area contributed by atoms with Crippen molar-refractivity contribution in [2.45, 2.75) is 32.8 Å². The van der Waals surface area contributed by atoms with Crippen molar-refractivity contribution in [3.05, 3.63) is 59.4 Å². The van der Waals surface area contributed by atoms with E-state index in [-0.39, 0.29) is 17.2 Å². The molecular formula is C21H22FNO5. The second-order valence-corrected chi connectivity index (χ2v) is 6.13. The van der Waals surface area contributed by atoms with Crippen LogP contribution >= 0.6 is 0 Å². The van der Waals surface area contributed by atoms with Gasteiger partial charge in [-0.1, -0.05) is 6.92 Å². The Morgan fingerprint density at radius 2 is 1.79 bits per heavy atom. The van der Waals surface area contributed by atoms with E-state index in [4.69, 9.17) is 9.47 Å². The van der Waals surface area contributed by atoms with Gasteiger partial charge in [0.05, 0.1) is 7.11 Å². The van der Waals surface area contributed by atoms with Crippen LogP contribution in [0, 0.1) is 5.82 Å². The third-order valence-corrected chi connectivity index (χ3v) is 3.96. The van der Waals surface area contributed by atoms with Gasteiger partial charge in [0.15, 0.2) is 6.10 Å². The molecule has 0 saturated heterocycles. The maximum atomic E-state index is 13.4. The van der Waals surface area contributed by atoms with Crippen molar-refractivity contribution < 1.29 is 28.2 Å². The van der Waals surface area contributed by atoms with Gasteiger partial charge in [0.25, 0.3) is 0 Å². The topological polar surface area (TPSA) is 81.7 Å². The van der Waals surface area contributed by atoms with Gasteiger partial charge in [-0.15, -0.1) is 0 Å². The molecule has 0 aliphatic heterocycles. The average molecular weight is 387 g/mol. The molecule has 0 unspecified atom stereocenters. The molecule has 0 heterocycles. The number of esters is 1. The van der Waals surface area contributed by atoms with E-state index in [1.807, 2.05) is 6.92 Å². The normalized spacial score (nSPS) is 11.4. The first-order valence-corrected chi connectivity index (χ1v) is 8.84. The largest absolute Gasteiger partial charge is 0.496 e. The summed E-state index contributed by atoms with van der Waals surface area (Å²) in [5, 5.41) is 2.72. The van der Waals surface area contributed by atoms with Crippen molar-refractivity contribution in [2.24, 2.45) is 0 Å². The van der Waals surface area contributed by atoms with E-state index in [0.717, 1.165) is 18.6 Å². The van der Waals surface area contributed by atoms with Crippen LogP contribution in [0.1, 0.15) is 47.4 Å². The molecule has 0 saturated carbocycles. The number of hydrogen-bond donors (Lipinski definition) is 1. The van der Waals surface area contributed by atoms with Crippen molar-refractivity contribution in [1.82, 2.24) is 0 Å². The van der Waals surface area contributed by atoms with Crippen LogP contribution in [0.3, 0.4) is 0 Å². The van der Waals surface area contributed by atoms with E-state index in [9.17, 15) is 18.8 Å². The number of anilines is 1. The summed E-state index contributed by atoms with van der Waals surface area (Å²) in [6.45, 7) is 3.34. The molecular weight excluding hydrogens is 365 g/mol. The van der Waals surface area contributed by atoms with E-state index >= 15 is 0 Å². The van der Waals surface area contributed by atoms with E-state index < -0.39 is 23.7 Å². The van der Waals surface area contributed by atoms with Crippen molar-refractivity contribution >= 4 is 23.3 Å². The number of ether oxygens (including phenoxy) is 2. The van der Waals surface area contributed by atoms with E-state index in [2.05, 4.69) is 5.32 Å². The van der Waals surface area contributed by atoms with Crippen LogP contribution in [0.2, 0.25) is 0 Å². The molecule has 2 rings (SSSR count). The average Bonchev–Trinajstić information content (AvgIpc) is 2.68. The summed E-state index contributed by atoms with van der Waals surface area (Å²) < 4.78 is 23.6. The summed E-state index contributed by atoms with van der Waals surface area (Å²) in [7, 11) is 1.35. The highest BCUT2D eigenvalue weighted by Gasteiger charge is 2.23. The molecule has 2 aromatic carbocycles.